The van der Waals surface area contributed by atoms with Gasteiger partial charge in [0.05, 0.1) is 11.1 Å². The number of amides is 1. The highest BCUT2D eigenvalue weighted by atomic mass is 19.4. The maximum Gasteiger partial charge on any atom is 0.417 e. The Morgan fingerprint density at radius 3 is 2.47 bits per heavy atom. The van der Waals surface area contributed by atoms with E-state index in [0.29, 0.717) is 5.56 Å². The van der Waals surface area contributed by atoms with Gasteiger partial charge in [-0.25, -0.2) is 4.79 Å². The molecule has 7 heteroatoms. The summed E-state index contributed by atoms with van der Waals surface area (Å²) >= 11 is 0. The van der Waals surface area contributed by atoms with Gasteiger partial charge in [-0.15, -0.1) is 0 Å². The number of hydrogen-bond acceptors (Lipinski definition) is 2. The fraction of sp³-hybridized carbons (Fsp3) is 0.333. The van der Waals surface area contributed by atoms with Crippen molar-refractivity contribution in [2.75, 3.05) is 11.9 Å². The molecule has 0 atom stereocenters. The first-order valence-electron chi connectivity index (χ1n) is 5.46. The highest BCUT2D eigenvalue weighted by Gasteiger charge is 2.37. The van der Waals surface area contributed by atoms with Gasteiger partial charge in [0.15, 0.2) is 0 Å². The molecular weight excluding hydrogens is 263 g/mol. The number of carbonyl (C=O) groups excluding carboxylic acids is 1. The molecule has 4 nitrogen and oxygen atoms in total. The second kappa shape index (κ2) is 4.25. The summed E-state index contributed by atoms with van der Waals surface area (Å²) in [6.45, 7) is 0. The molecule has 1 aliphatic rings. The molecule has 0 bridgehead atoms. The van der Waals surface area contributed by atoms with Crippen molar-refractivity contribution in [3.63, 3.8) is 0 Å². The smallest absolute Gasteiger partial charge is 0.417 e. The highest BCUT2D eigenvalue weighted by Crippen LogP contribution is 2.38. The Hall–Kier alpha value is -2.05. The van der Waals surface area contributed by atoms with Crippen LogP contribution in [0.2, 0.25) is 0 Å². The lowest BCUT2D eigenvalue weighted by Gasteiger charge is -2.27. The van der Waals surface area contributed by atoms with E-state index in [1.54, 1.807) is 0 Å². The van der Waals surface area contributed by atoms with Crippen LogP contribution in [0.1, 0.15) is 27.9 Å². The number of nitrogens with zero attached hydrogens (tertiary/aromatic N) is 1. The molecule has 0 radical (unpaired) electrons. The second-order valence-electron chi connectivity index (χ2n) is 4.28. The lowest BCUT2D eigenvalue weighted by atomic mass is 9.95. The Kier molecular flexibility index (Phi) is 3.00. The summed E-state index contributed by atoms with van der Waals surface area (Å²) in [4.78, 5) is 23.5. The number of anilines is 1. The van der Waals surface area contributed by atoms with Crippen LogP contribution >= 0.6 is 0 Å². The first-order valence-corrected chi connectivity index (χ1v) is 5.46. The molecule has 1 aliphatic heterocycles. The maximum atomic E-state index is 12.8. The number of rotatable bonds is 1. The minimum absolute atomic E-state index is 0.119. The third kappa shape index (κ3) is 2.27. The Morgan fingerprint density at radius 1 is 1.32 bits per heavy atom. The van der Waals surface area contributed by atoms with Crippen LogP contribution in [0.4, 0.5) is 18.9 Å². The standard InChI is InChI=1S/C12H10F3NO3/c1-16-9-5-8(12(13,14)15)7(11(18)19)4-6(9)2-3-10(16)17/h4-5H,2-3H2,1H3,(H,18,19). The first kappa shape index (κ1) is 13.4. The molecule has 0 saturated carbocycles. The number of aryl methyl sites for hydroxylation is 1. The number of hydrogen-bond donors (Lipinski definition) is 1. The number of carboxylic acid groups (broad SMARTS) is 1. The van der Waals surface area contributed by atoms with Crippen molar-refractivity contribution in [3.8, 4) is 0 Å². The molecule has 0 unspecified atom stereocenters. The molecule has 0 spiro atoms. The van der Waals surface area contributed by atoms with E-state index < -0.39 is 23.3 Å². The minimum Gasteiger partial charge on any atom is -0.478 e. The van der Waals surface area contributed by atoms with E-state index in [1.165, 1.54) is 7.05 Å². The van der Waals surface area contributed by atoms with Crippen LogP contribution in [-0.2, 0) is 17.4 Å². The van der Waals surface area contributed by atoms with E-state index >= 15 is 0 Å². The fourth-order valence-corrected chi connectivity index (χ4v) is 2.10. The van der Waals surface area contributed by atoms with Gasteiger partial charge in [-0.05, 0) is 24.1 Å². The third-order valence-corrected chi connectivity index (χ3v) is 3.10. The summed E-state index contributed by atoms with van der Waals surface area (Å²) in [5, 5.41) is 8.87. The number of benzene rings is 1. The summed E-state index contributed by atoms with van der Waals surface area (Å²) in [5.74, 6) is -1.92. The number of fused-ring (bicyclic) bond motifs is 1. The number of carbonyl (C=O) groups is 2. The van der Waals surface area contributed by atoms with E-state index in [-0.39, 0.29) is 24.4 Å². The van der Waals surface area contributed by atoms with Crippen molar-refractivity contribution in [2.45, 2.75) is 19.0 Å². The average Bonchev–Trinajstić information content (AvgIpc) is 2.31. The number of halogens is 3. The monoisotopic (exact) mass is 273 g/mol. The van der Waals surface area contributed by atoms with Crippen molar-refractivity contribution in [2.24, 2.45) is 0 Å². The zero-order chi connectivity index (χ0) is 14.4. The van der Waals surface area contributed by atoms with Gasteiger partial charge in [0.2, 0.25) is 5.91 Å². The fourth-order valence-electron chi connectivity index (χ4n) is 2.10. The molecule has 1 heterocycles. The molecule has 1 aromatic rings. The van der Waals surface area contributed by atoms with E-state index in [1.807, 2.05) is 0 Å². The van der Waals surface area contributed by atoms with Crippen LogP contribution in [0, 0.1) is 0 Å². The number of alkyl halides is 3. The quantitative estimate of drug-likeness (QED) is 0.854. The van der Waals surface area contributed by atoms with Gasteiger partial charge in [-0.3, -0.25) is 4.79 Å². The van der Waals surface area contributed by atoms with Crippen LogP contribution in [0.25, 0.3) is 0 Å². The van der Waals surface area contributed by atoms with Crippen LogP contribution in [0.5, 0.6) is 0 Å². The third-order valence-electron chi connectivity index (χ3n) is 3.10. The lowest BCUT2D eigenvalue weighted by Crippen LogP contribution is -2.32. The summed E-state index contributed by atoms with van der Waals surface area (Å²) in [6, 6.07) is 1.74. The Morgan fingerprint density at radius 2 is 1.95 bits per heavy atom. The number of carboxylic acids is 1. The SMILES string of the molecule is CN1C(=O)CCc2cc(C(=O)O)c(C(F)(F)F)cc21. The van der Waals surface area contributed by atoms with Crippen LogP contribution in [0.15, 0.2) is 12.1 Å². The van der Waals surface area contributed by atoms with E-state index in [0.717, 1.165) is 17.0 Å². The molecule has 2 rings (SSSR count). The summed E-state index contributed by atoms with van der Waals surface area (Å²) in [6.07, 6.45) is -4.37. The second-order valence-corrected chi connectivity index (χ2v) is 4.28. The van der Waals surface area contributed by atoms with Crippen LogP contribution in [0.3, 0.4) is 0 Å². The molecule has 0 fully saturated rings. The van der Waals surface area contributed by atoms with Gasteiger partial charge in [0.1, 0.15) is 0 Å². The predicted molar refractivity (Wildman–Crippen MR) is 60.1 cm³/mol. The largest absolute Gasteiger partial charge is 0.478 e. The molecule has 19 heavy (non-hydrogen) atoms. The van der Waals surface area contributed by atoms with Crippen molar-refractivity contribution in [1.29, 1.82) is 0 Å². The molecule has 0 aliphatic carbocycles. The molecule has 0 saturated heterocycles. The van der Waals surface area contributed by atoms with Crippen LogP contribution < -0.4 is 4.90 Å². The van der Waals surface area contributed by atoms with Crippen molar-refractivity contribution in [1.82, 2.24) is 0 Å². The van der Waals surface area contributed by atoms with E-state index in [4.69, 9.17) is 5.11 Å². The van der Waals surface area contributed by atoms with E-state index in [9.17, 15) is 22.8 Å². The molecule has 1 amide bonds. The summed E-state index contributed by atoms with van der Waals surface area (Å²) in [7, 11) is 1.38. The summed E-state index contributed by atoms with van der Waals surface area (Å²) < 4.78 is 38.5. The normalized spacial score (nSPS) is 15.4. The Labute approximate surface area is 106 Å². The Balaban J connectivity index is 2.67. The Bertz CT molecular complexity index is 566. The van der Waals surface area contributed by atoms with Crippen LogP contribution in [-0.4, -0.2) is 24.0 Å². The van der Waals surface area contributed by atoms with Gasteiger partial charge in [0, 0.05) is 19.2 Å². The zero-order valence-corrected chi connectivity index (χ0v) is 9.91. The molecular formula is C12H10F3NO3. The predicted octanol–water partition coefficient (Wildman–Crippen LogP) is 2.31. The van der Waals surface area contributed by atoms with Gasteiger partial charge in [0.25, 0.3) is 0 Å². The highest BCUT2D eigenvalue weighted by molar-refractivity contribution is 5.98. The number of aromatic carboxylic acids is 1. The summed E-state index contributed by atoms with van der Waals surface area (Å²) in [5.41, 5.74) is -1.46. The average molecular weight is 273 g/mol. The topological polar surface area (TPSA) is 57.6 Å². The molecule has 1 N–H and O–H groups in total. The lowest BCUT2D eigenvalue weighted by molar-refractivity contribution is -0.138. The maximum absolute atomic E-state index is 12.8. The van der Waals surface area contributed by atoms with E-state index in [2.05, 4.69) is 0 Å². The van der Waals surface area contributed by atoms with Gasteiger partial charge < -0.3 is 10.0 Å². The van der Waals surface area contributed by atoms with Gasteiger partial charge in [-0.1, -0.05) is 0 Å². The molecule has 102 valence electrons. The molecule has 0 aromatic heterocycles. The first-order chi connectivity index (χ1) is 8.71. The van der Waals surface area contributed by atoms with Gasteiger partial charge >= 0.3 is 12.1 Å². The van der Waals surface area contributed by atoms with Crippen molar-refractivity contribution >= 4 is 17.6 Å². The zero-order valence-electron chi connectivity index (χ0n) is 9.91. The van der Waals surface area contributed by atoms with Crippen molar-refractivity contribution in [3.05, 3.63) is 28.8 Å². The van der Waals surface area contributed by atoms with Crippen molar-refractivity contribution < 1.29 is 27.9 Å². The van der Waals surface area contributed by atoms with Gasteiger partial charge in [-0.2, -0.15) is 13.2 Å². The molecule has 1 aromatic carbocycles. The minimum atomic E-state index is -4.77.